The summed E-state index contributed by atoms with van der Waals surface area (Å²) in [6.07, 6.45) is -4.76. The highest BCUT2D eigenvalue weighted by molar-refractivity contribution is 7.92. The first-order valence-corrected chi connectivity index (χ1v) is 10.9. The van der Waals surface area contributed by atoms with Crippen molar-refractivity contribution in [1.29, 1.82) is 0 Å². The van der Waals surface area contributed by atoms with E-state index in [2.05, 4.69) is 9.46 Å². The molecule has 2 N–H and O–H groups in total. The molecule has 33 heavy (non-hydrogen) atoms. The molecule has 0 unspecified atom stereocenters. The number of anilines is 1. The Hall–Kier alpha value is -3.73. The maximum absolute atomic E-state index is 12.6. The fourth-order valence-electron chi connectivity index (χ4n) is 2.79. The third-order valence-corrected chi connectivity index (χ3v) is 5.80. The van der Waals surface area contributed by atoms with Gasteiger partial charge in [0.05, 0.1) is 10.5 Å². The van der Waals surface area contributed by atoms with Crippen LogP contribution in [0.15, 0.2) is 71.6 Å². The number of ether oxygens (including phenoxy) is 2. The van der Waals surface area contributed by atoms with Crippen molar-refractivity contribution >= 4 is 21.7 Å². The van der Waals surface area contributed by atoms with E-state index in [1.165, 1.54) is 60.7 Å². The van der Waals surface area contributed by atoms with Crippen LogP contribution in [0.4, 0.5) is 18.9 Å². The molecular weight excluding hydrogens is 463 g/mol. The number of benzene rings is 3. The summed E-state index contributed by atoms with van der Waals surface area (Å²) in [6, 6.07) is 14.9. The van der Waals surface area contributed by atoms with Crippen LogP contribution in [0.25, 0.3) is 0 Å². The number of alkyl halides is 3. The Morgan fingerprint density at radius 2 is 1.58 bits per heavy atom. The van der Waals surface area contributed by atoms with Gasteiger partial charge in [0.25, 0.3) is 10.0 Å². The molecule has 0 aliphatic carbocycles. The number of carboxylic acid groups (broad SMARTS) is 1. The molecule has 3 aromatic carbocycles. The number of aromatic carboxylic acids is 1. The van der Waals surface area contributed by atoms with Crippen LogP contribution in [0.5, 0.6) is 11.5 Å². The Balaban J connectivity index is 1.62. The van der Waals surface area contributed by atoms with E-state index in [-0.39, 0.29) is 28.5 Å². The lowest BCUT2D eigenvalue weighted by Gasteiger charge is -2.12. The smallest absolute Gasteiger partial charge is 0.489 e. The Morgan fingerprint density at radius 1 is 0.970 bits per heavy atom. The first-order valence-electron chi connectivity index (χ1n) is 9.37. The molecule has 0 aliphatic rings. The van der Waals surface area contributed by atoms with Crippen molar-refractivity contribution in [3.63, 3.8) is 0 Å². The summed E-state index contributed by atoms with van der Waals surface area (Å²) in [4.78, 5) is 11.1. The summed E-state index contributed by atoms with van der Waals surface area (Å²) >= 11 is 0. The Labute approximate surface area is 187 Å². The zero-order valence-electron chi connectivity index (χ0n) is 17.1. The summed E-state index contributed by atoms with van der Waals surface area (Å²) in [6.45, 7) is 1.63. The molecular formula is C22H18F3NO6S. The van der Waals surface area contributed by atoms with E-state index in [0.29, 0.717) is 16.9 Å². The first kappa shape index (κ1) is 23.9. The van der Waals surface area contributed by atoms with Gasteiger partial charge < -0.3 is 14.6 Å². The summed E-state index contributed by atoms with van der Waals surface area (Å²) in [7, 11) is -4.02. The number of sulfonamides is 1. The van der Waals surface area contributed by atoms with Crippen LogP contribution in [-0.2, 0) is 16.6 Å². The molecule has 0 radical (unpaired) electrons. The van der Waals surface area contributed by atoms with Gasteiger partial charge in [0.1, 0.15) is 18.1 Å². The van der Waals surface area contributed by atoms with E-state index in [9.17, 15) is 31.5 Å². The number of rotatable bonds is 8. The molecule has 0 bridgehead atoms. The molecule has 0 spiro atoms. The molecule has 0 atom stereocenters. The molecule has 0 saturated carbocycles. The predicted molar refractivity (Wildman–Crippen MR) is 113 cm³/mol. The highest BCUT2D eigenvalue weighted by Gasteiger charge is 2.30. The van der Waals surface area contributed by atoms with Gasteiger partial charge >= 0.3 is 12.3 Å². The Morgan fingerprint density at radius 3 is 2.15 bits per heavy atom. The van der Waals surface area contributed by atoms with Gasteiger partial charge in [-0.2, -0.15) is 0 Å². The number of aryl methyl sites for hydroxylation is 1. The largest absolute Gasteiger partial charge is 0.573 e. The van der Waals surface area contributed by atoms with Gasteiger partial charge in [-0.05, 0) is 66.6 Å². The fourth-order valence-corrected chi connectivity index (χ4v) is 3.87. The van der Waals surface area contributed by atoms with Crippen molar-refractivity contribution in [3.8, 4) is 11.5 Å². The van der Waals surface area contributed by atoms with Crippen LogP contribution in [0, 0.1) is 6.92 Å². The zero-order chi connectivity index (χ0) is 24.2. The molecule has 3 rings (SSSR count). The summed E-state index contributed by atoms with van der Waals surface area (Å²) < 4.78 is 73.5. The van der Waals surface area contributed by atoms with Crippen molar-refractivity contribution in [2.24, 2.45) is 0 Å². The molecule has 3 aromatic rings. The SMILES string of the molecule is Cc1ccc(S(=O)(=O)Nc2ccc(OCc3ccc(OC(F)(F)F)cc3)cc2)cc1C(=O)O. The topological polar surface area (TPSA) is 102 Å². The molecule has 0 aromatic heterocycles. The Kier molecular flexibility index (Phi) is 6.82. The minimum absolute atomic E-state index is 0.0682. The predicted octanol–water partition coefficient (Wildman–Crippen LogP) is 4.97. The van der Waals surface area contributed by atoms with E-state index in [0.717, 1.165) is 6.07 Å². The lowest BCUT2D eigenvalue weighted by molar-refractivity contribution is -0.274. The van der Waals surface area contributed by atoms with E-state index in [1.807, 2.05) is 0 Å². The molecule has 0 saturated heterocycles. The third-order valence-electron chi connectivity index (χ3n) is 4.42. The van der Waals surface area contributed by atoms with Gasteiger partial charge in [-0.1, -0.05) is 18.2 Å². The van der Waals surface area contributed by atoms with Crippen molar-refractivity contribution in [2.75, 3.05) is 4.72 Å². The van der Waals surface area contributed by atoms with Crippen LogP contribution >= 0.6 is 0 Å². The van der Waals surface area contributed by atoms with E-state index in [4.69, 9.17) is 4.74 Å². The van der Waals surface area contributed by atoms with Crippen LogP contribution in [0.3, 0.4) is 0 Å². The molecule has 0 fully saturated rings. The minimum Gasteiger partial charge on any atom is -0.489 e. The van der Waals surface area contributed by atoms with Crippen LogP contribution in [-0.4, -0.2) is 25.9 Å². The number of hydrogen-bond acceptors (Lipinski definition) is 5. The van der Waals surface area contributed by atoms with Crippen LogP contribution in [0.2, 0.25) is 0 Å². The molecule has 0 aliphatic heterocycles. The average molecular weight is 481 g/mol. The maximum atomic E-state index is 12.6. The number of carboxylic acids is 1. The molecule has 0 amide bonds. The molecule has 7 nitrogen and oxygen atoms in total. The highest BCUT2D eigenvalue weighted by atomic mass is 32.2. The normalized spacial score (nSPS) is 11.6. The van der Waals surface area contributed by atoms with Gasteiger partial charge in [0.2, 0.25) is 0 Å². The van der Waals surface area contributed by atoms with Gasteiger partial charge in [-0.25, -0.2) is 13.2 Å². The molecule has 174 valence electrons. The summed E-state index contributed by atoms with van der Waals surface area (Å²) in [5, 5.41) is 9.19. The summed E-state index contributed by atoms with van der Waals surface area (Å²) in [5.41, 5.74) is 1.15. The van der Waals surface area contributed by atoms with Crippen LogP contribution < -0.4 is 14.2 Å². The van der Waals surface area contributed by atoms with Crippen molar-refractivity contribution < 1.29 is 41.0 Å². The second kappa shape index (κ2) is 9.41. The number of hydrogen-bond donors (Lipinski definition) is 2. The van der Waals surface area contributed by atoms with Gasteiger partial charge in [-0.15, -0.1) is 13.2 Å². The first-order chi connectivity index (χ1) is 15.4. The van der Waals surface area contributed by atoms with E-state index >= 15 is 0 Å². The number of halogens is 3. The van der Waals surface area contributed by atoms with Gasteiger partial charge in [0, 0.05) is 5.69 Å². The van der Waals surface area contributed by atoms with Crippen molar-refractivity contribution in [1.82, 2.24) is 0 Å². The van der Waals surface area contributed by atoms with Gasteiger partial charge in [0.15, 0.2) is 0 Å². The second-order valence-corrected chi connectivity index (χ2v) is 8.57. The highest BCUT2D eigenvalue weighted by Crippen LogP contribution is 2.24. The second-order valence-electron chi connectivity index (χ2n) is 6.89. The summed E-state index contributed by atoms with van der Waals surface area (Å²) in [5.74, 6) is -1.17. The van der Waals surface area contributed by atoms with E-state index < -0.39 is 22.4 Å². The fraction of sp³-hybridized carbons (Fsp3) is 0.136. The standard InChI is InChI=1S/C22H18F3NO6S/c1-14-2-11-19(12-20(14)21(27)28)33(29,30)26-16-5-9-17(10-6-16)31-13-15-3-7-18(8-4-15)32-22(23,24)25/h2-12,26H,13H2,1H3,(H,27,28). The van der Waals surface area contributed by atoms with Crippen LogP contribution in [0.1, 0.15) is 21.5 Å². The molecule has 0 heterocycles. The van der Waals surface area contributed by atoms with Crippen molar-refractivity contribution in [3.05, 3.63) is 83.4 Å². The lowest BCUT2D eigenvalue weighted by atomic mass is 10.1. The van der Waals surface area contributed by atoms with E-state index in [1.54, 1.807) is 6.92 Å². The monoisotopic (exact) mass is 481 g/mol. The molecule has 11 heteroatoms. The average Bonchev–Trinajstić information content (AvgIpc) is 2.73. The quantitative estimate of drug-likeness (QED) is 0.471. The number of carbonyl (C=O) groups is 1. The zero-order valence-corrected chi connectivity index (χ0v) is 17.9. The Bertz CT molecular complexity index is 1240. The van der Waals surface area contributed by atoms with Gasteiger partial charge in [-0.3, -0.25) is 4.72 Å². The third kappa shape index (κ3) is 6.62. The maximum Gasteiger partial charge on any atom is 0.573 e. The lowest BCUT2D eigenvalue weighted by Crippen LogP contribution is -2.17. The van der Waals surface area contributed by atoms with Crippen molar-refractivity contribution in [2.45, 2.75) is 24.8 Å². The minimum atomic E-state index is -4.76. The number of nitrogens with one attached hydrogen (secondary N) is 1.